The molecule has 92 valence electrons. The Morgan fingerprint density at radius 2 is 1.81 bits per heavy atom. The molecule has 0 saturated carbocycles. The fraction of sp³-hybridized carbons (Fsp3) is 0.917. The number of piperidine rings is 1. The molecule has 0 aliphatic carbocycles. The van der Waals surface area contributed by atoms with Crippen LogP contribution in [0.2, 0.25) is 0 Å². The third-order valence-electron chi connectivity index (χ3n) is 3.76. The summed E-state index contributed by atoms with van der Waals surface area (Å²) < 4.78 is 0. The van der Waals surface area contributed by atoms with Crippen molar-refractivity contribution in [2.75, 3.05) is 32.8 Å². The van der Waals surface area contributed by atoms with Gasteiger partial charge in [-0.25, -0.2) is 0 Å². The maximum atomic E-state index is 12.0. The molecule has 0 aromatic carbocycles. The van der Waals surface area contributed by atoms with E-state index in [2.05, 4.69) is 4.90 Å². The molecule has 2 aliphatic heterocycles. The molecule has 2 saturated heterocycles. The first-order chi connectivity index (χ1) is 7.81. The molecule has 2 aliphatic rings. The van der Waals surface area contributed by atoms with E-state index in [0.29, 0.717) is 6.54 Å². The summed E-state index contributed by atoms with van der Waals surface area (Å²) in [5.41, 5.74) is 0. The lowest BCUT2D eigenvalue weighted by Gasteiger charge is -2.34. The third kappa shape index (κ3) is 2.74. The van der Waals surface area contributed by atoms with Crippen molar-refractivity contribution in [1.82, 2.24) is 9.80 Å². The van der Waals surface area contributed by atoms with Crippen molar-refractivity contribution in [3.8, 4) is 0 Å². The molecule has 0 spiro atoms. The van der Waals surface area contributed by atoms with E-state index in [1.165, 1.54) is 6.42 Å². The zero-order valence-corrected chi connectivity index (χ0v) is 9.90. The Labute approximate surface area is 97.2 Å². The highest BCUT2D eigenvalue weighted by atomic mass is 16.3. The largest absolute Gasteiger partial charge is 0.395 e. The highest BCUT2D eigenvalue weighted by Gasteiger charge is 2.26. The first-order valence-electron chi connectivity index (χ1n) is 6.44. The Morgan fingerprint density at radius 3 is 2.50 bits per heavy atom. The molecular formula is C12H22N2O2. The maximum absolute atomic E-state index is 12.0. The number of nitrogens with zero attached hydrogens (tertiary/aromatic N) is 2. The summed E-state index contributed by atoms with van der Waals surface area (Å²) in [6, 6.07) is 0.209. The topological polar surface area (TPSA) is 43.8 Å². The minimum atomic E-state index is 0.188. The fourth-order valence-electron chi connectivity index (χ4n) is 2.72. The predicted molar refractivity (Wildman–Crippen MR) is 62.1 cm³/mol. The van der Waals surface area contributed by atoms with E-state index < -0.39 is 0 Å². The predicted octanol–water partition coefficient (Wildman–Crippen LogP) is 0.456. The van der Waals surface area contributed by atoms with E-state index in [9.17, 15) is 9.90 Å². The van der Waals surface area contributed by atoms with Crippen LogP contribution in [0, 0.1) is 0 Å². The quantitative estimate of drug-likeness (QED) is 0.760. The van der Waals surface area contributed by atoms with Crippen molar-refractivity contribution in [2.45, 2.75) is 38.1 Å². The summed E-state index contributed by atoms with van der Waals surface area (Å²) in [5, 5.41) is 9.27. The van der Waals surface area contributed by atoms with E-state index in [4.69, 9.17) is 0 Å². The number of carbonyl (C=O) groups excluding carboxylic acids is 1. The Kier molecular flexibility index (Phi) is 4.18. The summed E-state index contributed by atoms with van der Waals surface area (Å²) >= 11 is 0. The third-order valence-corrected chi connectivity index (χ3v) is 3.76. The molecule has 0 aromatic heterocycles. The van der Waals surface area contributed by atoms with Crippen LogP contribution < -0.4 is 0 Å². The maximum Gasteiger partial charge on any atom is 0.236 e. The van der Waals surface area contributed by atoms with Gasteiger partial charge in [0.15, 0.2) is 0 Å². The normalized spacial score (nSPS) is 27.3. The van der Waals surface area contributed by atoms with Crippen LogP contribution in [0.15, 0.2) is 0 Å². The van der Waals surface area contributed by atoms with E-state index in [1.807, 2.05) is 4.90 Å². The molecule has 2 fully saturated rings. The number of aliphatic hydroxyl groups is 1. The molecule has 2 heterocycles. The van der Waals surface area contributed by atoms with E-state index in [-0.39, 0.29) is 18.6 Å². The smallest absolute Gasteiger partial charge is 0.236 e. The van der Waals surface area contributed by atoms with Gasteiger partial charge in [-0.3, -0.25) is 9.69 Å². The number of likely N-dealkylation sites (tertiary alicyclic amines) is 2. The van der Waals surface area contributed by atoms with Gasteiger partial charge in [0, 0.05) is 19.1 Å². The summed E-state index contributed by atoms with van der Waals surface area (Å²) in [4.78, 5) is 16.1. The van der Waals surface area contributed by atoms with Crippen LogP contribution in [0.25, 0.3) is 0 Å². The summed E-state index contributed by atoms with van der Waals surface area (Å²) in [6.45, 7) is 3.51. The van der Waals surface area contributed by atoms with Crippen molar-refractivity contribution < 1.29 is 9.90 Å². The Hall–Kier alpha value is -0.610. The lowest BCUT2D eigenvalue weighted by atomic mass is 10.0. The van der Waals surface area contributed by atoms with E-state index >= 15 is 0 Å². The SMILES string of the molecule is O=C(CN1CCCCC1CO)N1CCCC1. The van der Waals surface area contributed by atoms with Gasteiger partial charge in [-0.1, -0.05) is 6.42 Å². The number of hydrogen-bond donors (Lipinski definition) is 1. The molecule has 4 nitrogen and oxygen atoms in total. The van der Waals surface area contributed by atoms with E-state index in [1.54, 1.807) is 0 Å². The Bertz CT molecular complexity index is 239. The van der Waals surface area contributed by atoms with Gasteiger partial charge in [-0.2, -0.15) is 0 Å². The minimum Gasteiger partial charge on any atom is -0.395 e. The molecule has 2 rings (SSSR count). The molecule has 1 amide bonds. The lowest BCUT2D eigenvalue weighted by Crippen LogP contribution is -2.47. The number of aliphatic hydroxyl groups excluding tert-OH is 1. The monoisotopic (exact) mass is 226 g/mol. The number of hydrogen-bond acceptors (Lipinski definition) is 3. The molecule has 1 atom stereocenters. The van der Waals surface area contributed by atoms with Gasteiger partial charge in [0.05, 0.1) is 13.2 Å². The van der Waals surface area contributed by atoms with Crippen LogP contribution in [-0.4, -0.2) is 59.6 Å². The Balaban J connectivity index is 1.84. The number of amides is 1. The Morgan fingerprint density at radius 1 is 1.12 bits per heavy atom. The molecule has 1 unspecified atom stereocenters. The van der Waals surface area contributed by atoms with Crippen LogP contribution in [0.3, 0.4) is 0 Å². The van der Waals surface area contributed by atoms with Crippen LogP contribution in [0.5, 0.6) is 0 Å². The van der Waals surface area contributed by atoms with Gasteiger partial charge in [0.1, 0.15) is 0 Å². The average molecular weight is 226 g/mol. The standard InChI is InChI=1S/C12H22N2O2/c15-10-11-5-1-2-8-14(11)9-12(16)13-6-3-4-7-13/h11,15H,1-10H2. The second-order valence-corrected chi connectivity index (χ2v) is 4.89. The van der Waals surface area contributed by atoms with E-state index in [0.717, 1.165) is 45.3 Å². The molecule has 0 aromatic rings. The van der Waals surface area contributed by atoms with Crippen molar-refractivity contribution in [2.24, 2.45) is 0 Å². The number of rotatable bonds is 3. The number of carbonyl (C=O) groups is 1. The van der Waals surface area contributed by atoms with Crippen molar-refractivity contribution >= 4 is 5.91 Å². The molecular weight excluding hydrogens is 204 g/mol. The van der Waals surface area contributed by atoms with Crippen LogP contribution in [0.4, 0.5) is 0 Å². The van der Waals surface area contributed by atoms with Gasteiger partial charge in [-0.15, -0.1) is 0 Å². The van der Waals surface area contributed by atoms with Gasteiger partial charge < -0.3 is 10.0 Å². The zero-order chi connectivity index (χ0) is 11.4. The first kappa shape index (κ1) is 11.9. The zero-order valence-electron chi connectivity index (χ0n) is 9.90. The molecule has 16 heavy (non-hydrogen) atoms. The van der Waals surface area contributed by atoms with Crippen LogP contribution >= 0.6 is 0 Å². The molecule has 1 N–H and O–H groups in total. The molecule has 4 heteroatoms. The van der Waals surface area contributed by atoms with Crippen molar-refractivity contribution in [3.63, 3.8) is 0 Å². The van der Waals surface area contributed by atoms with Crippen molar-refractivity contribution in [3.05, 3.63) is 0 Å². The highest BCUT2D eigenvalue weighted by Crippen LogP contribution is 2.17. The van der Waals surface area contributed by atoms with Gasteiger partial charge in [0.25, 0.3) is 0 Å². The fourth-order valence-corrected chi connectivity index (χ4v) is 2.72. The molecule has 0 bridgehead atoms. The van der Waals surface area contributed by atoms with Crippen LogP contribution in [-0.2, 0) is 4.79 Å². The van der Waals surface area contributed by atoms with Gasteiger partial charge in [-0.05, 0) is 32.2 Å². The second-order valence-electron chi connectivity index (χ2n) is 4.89. The lowest BCUT2D eigenvalue weighted by molar-refractivity contribution is -0.132. The van der Waals surface area contributed by atoms with Gasteiger partial charge in [0.2, 0.25) is 5.91 Å². The van der Waals surface area contributed by atoms with Gasteiger partial charge >= 0.3 is 0 Å². The minimum absolute atomic E-state index is 0.188. The highest BCUT2D eigenvalue weighted by molar-refractivity contribution is 5.78. The summed E-state index contributed by atoms with van der Waals surface area (Å²) in [6.07, 6.45) is 5.66. The average Bonchev–Trinajstić information content (AvgIpc) is 2.83. The van der Waals surface area contributed by atoms with Crippen molar-refractivity contribution in [1.29, 1.82) is 0 Å². The van der Waals surface area contributed by atoms with Crippen LogP contribution in [0.1, 0.15) is 32.1 Å². The summed E-state index contributed by atoms with van der Waals surface area (Å²) in [5.74, 6) is 0.248. The second kappa shape index (κ2) is 5.64. The first-order valence-corrected chi connectivity index (χ1v) is 6.44. The summed E-state index contributed by atoms with van der Waals surface area (Å²) in [7, 11) is 0. The molecule has 0 radical (unpaired) electrons.